The molecule has 1 N–H and O–H groups in total. The number of carbonyl (C=O) groups is 1. The van der Waals surface area contributed by atoms with Gasteiger partial charge in [-0.2, -0.15) is 0 Å². The van der Waals surface area contributed by atoms with E-state index >= 15 is 0 Å². The summed E-state index contributed by atoms with van der Waals surface area (Å²) in [6, 6.07) is 0. The van der Waals surface area contributed by atoms with E-state index in [1.165, 1.54) is 0 Å². The van der Waals surface area contributed by atoms with Crippen molar-refractivity contribution in [2.75, 3.05) is 23.9 Å². The highest BCUT2D eigenvalue weighted by Crippen LogP contribution is 2.22. The Hall–Kier alpha value is 0.130. The Balaban J connectivity index is 4.09. The van der Waals surface area contributed by atoms with Crippen molar-refractivity contribution in [3.05, 3.63) is 12.7 Å². The number of rotatable bonds is 6. The van der Waals surface area contributed by atoms with Gasteiger partial charge in [0.05, 0.1) is 6.61 Å². The molecule has 0 aromatic heterocycles. The number of carbonyl (C=O) groups excluding carboxylic acids is 1. The molecule has 13 heavy (non-hydrogen) atoms. The first-order valence-electron chi connectivity index (χ1n) is 3.66. The summed E-state index contributed by atoms with van der Waals surface area (Å²) in [6.45, 7) is 3.40. The summed E-state index contributed by atoms with van der Waals surface area (Å²) < 4.78 is 4.85. The minimum Gasteiger partial charge on any atom is -0.462 e. The summed E-state index contributed by atoms with van der Waals surface area (Å²) in [5.74, 6) is -0.472. The van der Waals surface area contributed by atoms with Crippen LogP contribution in [0.25, 0.3) is 0 Å². The lowest BCUT2D eigenvalue weighted by Crippen LogP contribution is -2.35. The summed E-state index contributed by atoms with van der Waals surface area (Å²) in [5, 5.41) is 10.2. The van der Waals surface area contributed by atoms with Gasteiger partial charge in [-0.3, -0.25) is 0 Å². The quantitative estimate of drug-likeness (QED) is 0.459. The third-order valence-corrected chi connectivity index (χ3v) is 3.97. The van der Waals surface area contributed by atoms with Crippen LogP contribution in [0, 0.1) is 5.41 Å². The van der Waals surface area contributed by atoms with E-state index in [1.807, 2.05) is 0 Å². The second kappa shape index (κ2) is 6.56. The number of hydrogen-bond acceptors (Lipinski definition) is 3. The van der Waals surface area contributed by atoms with Crippen LogP contribution in [0.5, 0.6) is 0 Å². The largest absolute Gasteiger partial charge is 0.462 e. The number of halogens is 2. The molecule has 0 saturated heterocycles. The number of esters is 1. The fraction of sp³-hybridized carbons (Fsp3) is 0.625. The second-order valence-corrected chi connectivity index (χ2v) is 3.86. The van der Waals surface area contributed by atoms with Crippen molar-refractivity contribution in [3.63, 3.8) is 0 Å². The highest BCUT2D eigenvalue weighted by Gasteiger charge is 2.28. The van der Waals surface area contributed by atoms with Crippen LogP contribution in [0.4, 0.5) is 0 Å². The first-order valence-corrected chi connectivity index (χ1v) is 5.90. The van der Waals surface area contributed by atoms with Gasteiger partial charge in [0, 0.05) is 22.2 Å². The highest BCUT2D eigenvalue weighted by atomic mass is 79.9. The Kier molecular flexibility index (Phi) is 6.63. The zero-order valence-corrected chi connectivity index (χ0v) is 10.3. The number of aliphatic hydroxyl groups excluding tert-OH is 1. The maximum absolute atomic E-state index is 10.8. The minimum atomic E-state index is -0.472. The van der Waals surface area contributed by atoms with Crippen molar-refractivity contribution in [2.45, 2.75) is 0 Å². The summed E-state index contributed by atoms with van der Waals surface area (Å²) in [7, 11) is 0. The smallest absolute Gasteiger partial charge is 0.330 e. The fourth-order valence-electron chi connectivity index (χ4n) is 0.526. The zero-order valence-electron chi connectivity index (χ0n) is 7.13. The van der Waals surface area contributed by atoms with Crippen LogP contribution >= 0.6 is 31.9 Å². The molecule has 0 heterocycles. The molecule has 3 nitrogen and oxygen atoms in total. The molecule has 0 aliphatic rings. The van der Waals surface area contributed by atoms with Gasteiger partial charge in [0.25, 0.3) is 0 Å². The summed E-state index contributed by atoms with van der Waals surface area (Å²) in [6.07, 6.45) is 1.10. The molecule has 0 fully saturated rings. The Morgan fingerprint density at radius 3 is 2.38 bits per heavy atom. The van der Waals surface area contributed by atoms with Gasteiger partial charge in [0.15, 0.2) is 0 Å². The van der Waals surface area contributed by atoms with Gasteiger partial charge in [-0.25, -0.2) is 4.79 Å². The molecule has 0 unspecified atom stereocenters. The summed E-state index contributed by atoms with van der Waals surface area (Å²) >= 11 is 6.52. The van der Waals surface area contributed by atoms with Crippen molar-refractivity contribution < 1.29 is 14.6 Å². The number of aliphatic hydroxyl groups is 1. The number of hydrogen-bond donors (Lipinski definition) is 1. The molecule has 0 bridgehead atoms. The Labute approximate surface area is 94.4 Å². The zero-order chi connectivity index (χ0) is 10.3. The van der Waals surface area contributed by atoms with Crippen LogP contribution in [-0.4, -0.2) is 34.9 Å². The molecule has 76 valence electrons. The van der Waals surface area contributed by atoms with E-state index < -0.39 is 11.4 Å². The van der Waals surface area contributed by atoms with Gasteiger partial charge < -0.3 is 9.84 Å². The van der Waals surface area contributed by atoms with Crippen LogP contribution < -0.4 is 0 Å². The van der Waals surface area contributed by atoms with Gasteiger partial charge >= 0.3 is 5.97 Å². The van der Waals surface area contributed by atoms with Crippen LogP contribution in [0.2, 0.25) is 0 Å². The molecule has 0 atom stereocenters. The van der Waals surface area contributed by atoms with E-state index in [0.29, 0.717) is 10.7 Å². The standard InChI is InChI=1S/C8H12Br2O3/c1-2-7(12)13-6-8(3-9,4-10)5-11/h2,11H,1,3-6H2. The molecular formula is C8H12Br2O3. The van der Waals surface area contributed by atoms with Crippen molar-refractivity contribution >= 4 is 37.8 Å². The predicted molar refractivity (Wildman–Crippen MR) is 58.3 cm³/mol. The molecule has 0 saturated carbocycles. The number of ether oxygens (including phenoxy) is 1. The lowest BCUT2D eigenvalue weighted by molar-refractivity contribution is -0.141. The molecule has 0 amide bonds. The Bertz CT molecular complexity index is 170. The van der Waals surface area contributed by atoms with Crippen LogP contribution in [0.15, 0.2) is 12.7 Å². The first-order chi connectivity index (χ1) is 6.14. The molecule has 0 aromatic rings. The van der Waals surface area contributed by atoms with E-state index in [9.17, 15) is 4.79 Å². The van der Waals surface area contributed by atoms with Crippen molar-refractivity contribution in [2.24, 2.45) is 5.41 Å². The van der Waals surface area contributed by atoms with E-state index in [4.69, 9.17) is 9.84 Å². The monoisotopic (exact) mass is 314 g/mol. The van der Waals surface area contributed by atoms with E-state index in [0.717, 1.165) is 6.08 Å². The minimum absolute atomic E-state index is 0.0477. The van der Waals surface area contributed by atoms with Crippen molar-refractivity contribution in [1.82, 2.24) is 0 Å². The molecular weight excluding hydrogens is 304 g/mol. The molecule has 0 radical (unpaired) electrons. The molecule has 0 aromatic carbocycles. The maximum atomic E-state index is 10.8. The maximum Gasteiger partial charge on any atom is 0.330 e. The van der Waals surface area contributed by atoms with Crippen molar-refractivity contribution in [1.29, 1.82) is 0 Å². The van der Waals surface area contributed by atoms with Crippen LogP contribution in [0.3, 0.4) is 0 Å². The topological polar surface area (TPSA) is 46.5 Å². The van der Waals surface area contributed by atoms with Crippen molar-refractivity contribution in [3.8, 4) is 0 Å². The van der Waals surface area contributed by atoms with Gasteiger partial charge in [-0.1, -0.05) is 38.4 Å². The fourth-order valence-corrected chi connectivity index (χ4v) is 2.13. The molecule has 0 rings (SSSR count). The normalized spacial score (nSPS) is 11.0. The van der Waals surface area contributed by atoms with Gasteiger partial charge in [-0.15, -0.1) is 0 Å². The summed E-state index contributed by atoms with van der Waals surface area (Å²) in [4.78, 5) is 10.8. The predicted octanol–water partition coefficient (Wildman–Crippen LogP) is 1.48. The molecule has 0 aliphatic heterocycles. The summed E-state index contributed by atoms with van der Waals surface area (Å²) in [5.41, 5.74) is -0.446. The van der Waals surface area contributed by atoms with Gasteiger partial charge in [0.2, 0.25) is 0 Å². The SMILES string of the molecule is C=CC(=O)OCC(CO)(CBr)CBr. The van der Waals surface area contributed by atoms with E-state index in [1.54, 1.807) is 0 Å². The average Bonchev–Trinajstić information content (AvgIpc) is 2.20. The second-order valence-electron chi connectivity index (χ2n) is 2.74. The van der Waals surface area contributed by atoms with E-state index in [2.05, 4.69) is 38.4 Å². The van der Waals surface area contributed by atoms with E-state index in [-0.39, 0.29) is 13.2 Å². The third kappa shape index (κ3) is 4.24. The molecule has 5 heteroatoms. The van der Waals surface area contributed by atoms with Crippen LogP contribution in [0.1, 0.15) is 0 Å². The lowest BCUT2D eigenvalue weighted by Gasteiger charge is -2.26. The lowest BCUT2D eigenvalue weighted by atomic mass is 9.96. The highest BCUT2D eigenvalue weighted by molar-refractivity contribution is 9.09. The third-order valence-electron chi connectivity index (χ3n) is 1.59. The van der Waals surface area contributed by atoms with Gasteiger partial charge in [-0.05, 0) is 0 Å². The molecule has 0 aliphatic carbocycles. The Morgan fingerprint density at radius 1 is 1.54 bits per heavy atom. The van der Waals surface area contributed by atoms with Crippen LogP contribution in [-0.2, 0) is 9.53 Å². The Morgan fingerprint density at radius 2 is 2.08 bits per heavy atom. The van der Waals surface area contributed by atoms with Gasteiger partial charge in [0.1, 0.15) is 6.61 Å². The average molecular weight is 316 g/mol. The first kappa shape index (κ1) is 13.1. The number of alkyl halides is 2. The molecule has 0 spiro atoms.